The Hall–Kier alpha value is -4.36. The second-order valence-electron chi connectivity index (χ2n) is 9.08. The van der Waals surface area contributed by atoms with Gasteiger partial charge in [0.05, 0.1) is 4.91 Å². The molecule has 1 fully saturated rings. The van der Waals surface area contributed by atoms with Gasteiger partial charge in [-0.15, -0.1) is 0 Å². The summed E-state index contributed by atoms with van der Waals surface area (Å²) in [6.45, 7) is 3.84. The van der Waals surface area contributed by atoms with Crippen LogP contribution in [0.2, 0.25) is 0 Å². The van der Waals surface area contributed by atoms with Crippen molar-refractivity contribution >= 4 is 51.4 Å². The van der Waals surface area contributed by atoms with Crippen molar-refractivity contribution < 1.29 is 19.1 Å². The molecule has 0 unspecified atom stereocenters. The van der Waals surface area contributed by atoms with Crippen LogP contribution in [0.25, 0.3) is 16.8 Å². The molecule has 0 bridgehead atoms. The van der Waals surface area contributed by atoms with Gasteiger partial charge in [0, 0.05) is 5.69 Å². The number of carbonyl (C=O) groups is 3. The van der Waals surface area contributed by atoms with Crippen LogP contribution in [0.1, 0.15) is 22.3 Å². The molecule has 1 aliphatic heterocycles. The zero-order valence-electron chi connectivity index (χ0n) is 21.1. The van der Waals surface area contributed by atoms with Crippen molar-refractivity contribution in [3.63, 3.8) is 0 Å². The van der Waals surface area contributed by atoms with E-state index in [2.05, 4.69) is 23.5 Å². The highest BCUT2D eigenvalue weighted by molar-refractivity contribution is 8.18. The predicted molar refractivity (Wildman–Crippen MR) is 152 cm³/mol. The molecule has 1 aliphatic rings. The van der Waals surface area contributed by atoms with Crippen LogP contribution in [0, 0.1) is 13.8 Å². The summed E-state index contributed by atoms with van der Waals surface area (Å²) in [5.41, 5.74) is 4.32. The van der Waals surface area contributed by atoms with Crippen molar-refractivity contribution in [3.05, 3.63) is 112 Å². The van der Waals surface area contributed by atoms with Gasteiger partial charge in [0.1, 0.15) is 18.9 Å². The molecule has 1 saturated heterocycles. The number of hydrogen-bond acceptors (Lipinski definition) is 5. The molecule has 4 aromatic rings. The monoisotopic (exact) mass is 522 g/mol. The topological polar surface area (TPSA) is 75.7 Å². The van der Waals surface area contributed by atoms with Gasteiger partial charge in [0.15, 0.2) is 0 Å². The summed E-state index contributed by atoms with van der Waals surface area (Å²) in [7, 11) is 0. The number of nitrogens with zero attached hydrogens (tertiary/aromatic N) is 1. The number of amides is 3. The van der Waals surface area contributed by atoms with Gasteiger partial charge in [-0.2, -0.15) is 0 Å². The molecule has 0 aliphatic carbocycles. The van der Waals surface area contributed by atoms with Crippen LogP contribution in [-0.2, 0) is 16.2 Å². The SMILES string of the molecule is Cc1cccc(C)c1NC(=O)CN1C(=O)S/C(=C/c2cccc(OCc3cccc4ccccc34)c2)C1=O. The number of nitrogens with one attached hydrogen (secondary N) is 1. The number of para-hydroxylation sites is 1. The van der Waals surface area contributed by atoms with Crippen LogP contribution in [-0.4, -0.2) is 28.5 Å². The fourth-order valence-corrected chi connectivity index (χ4v) is 5.23. The molecule has 1 heterocycles. The zero-order valence-corrected chi connectivity index (χ0v) is 21.9. The molecule has 0 spiro atoms. The number of fused-ring (bicyclic) bond motifs is 1. The summed E-state index contributed by atoms with van der Waals surface area (Å²) in [6, 6.07) is 27.3. The van der Waals surface area contributed by atoms with Crippen molar-refractivity contribution in [2.75, 3.05) is 11.9 Å². The van der Waals surface area contributed by atoms with E-state index >= 15 is 0 Å². The molecule has 7 heteroatoms. The lowest BCUT2D eigenvalue weighted by Crippen LogP contribution is -2.36. The average Bonchev–Trinajstić information content (AvgIpc) is 3.17. The summed E-state index contributed by atoms with van der Waals surface area (Å²) in [5.74, 6) is -0.257. The minimum atomic E-state index is -0.487. The lowest BCUT2D eigenvalue weighted by molar-refractivity contribution is -0.127. The predicted octanol–water partition coefficient (Wildman–Crippen LogP) is 6.71. The second-order valence-corrected chi connectivity index (χ2v) is 10.1. The van der Waals surface area contributed by atoms with E-state index in [1.807, 2.05) is 80.6 Å². The van der Waals surface area contributed by atoms with Crippen LogP contribution in [0.3, 0.4) is 0 Å². The number of aryl methyl sites for hydroxylation is 2. The number of thioether (sulfide) groups is 1. The maximum absolute atomic E-state index is 13.0. The Morgan fingerprint density at radius 2 is 1.63 bits per heavy atom. The molecule has 5 rings (SSSR count). The molecular weight excluding hydrogens is 496 g/mol. The van der Waals surface area contributed by atoms with Gasteiger partial charge in [-0.25, -0.2) is 0 Å². The number of rotatable bonds is 7. The third-order valence-corrected chi connectivity index (χ3v) is 7.26. The molecular formula is C31H26N2O4S. The van der Waals surface area contributed by atoms with E-state index in [1.165, 1.54) is 0 Å². The summed E-state index contributed by atoms with van der Waals surface area (Å²) in [4.78, 5) is 39.4. The number of imide groups is 1. The van der Waals surface area contributed by atoms with Crippen molar-refractivity contribution in [3.8, 4) is 5.75 Å². The van der Waals surface area contributed by atoms with Crippen LogP contribution in [0.5, 0.6) is 5.75 Å². The van der Waals surface area contributed by atoms with Crippen LogP contribution < -0.4 is 10.1 Å². The Labute approximate surface area is 225 Å². The first-order valence-corrected chi connectivity index (χ1v) is 13.0. The fraction of sp³-hybridized carbons (Fsp3) is 0.129. The number of ether oxygens (including phenoxy) is 1. The third kappa shape index (κ3) is 5.48. The lowest BCUT2D eigenvalue weighted by atomic mass is 10.1. The number of hydrogen-bond donors (Lipinski definition) is 1. The van der Waals surface area contributed by atoms with Gasteiger partial charge >= 0.3 is 0 Å². The molecule has 0 aromatic heterocycles. The van der Waals surface area contributed by atoms with Gasteiger partial charge in [-0.3, -0.25) is 19.3 Å². The Kier molecular flexibility index (Phi) is 7.29. The normalized spacial score (nSPS) is 14.4. The van der Waals surface area contributed by atoms with Crippen molar-refractivity contribution in [2.24, 2.45) is 0 Å². The molecule has 3 amide bonds. The Balaban J connectivity index is 1.26. The summed E-state index contributed by atoms with van der Waals surface area (Å²) >= 11 is 0.826. The minimum absolute atomic E-state index is 0.265. The van der Waals surface area contributed by atoms with Gasteiger partial charge in [0.2, 0.25) is 5.91 Å². The lowest BCUT2D eigenvalue weighted by Gasteiger charge is -2.15. The van der Waals surface area contributed by atoms with Crippen molar-refractivity contribution in [1.29, 1.82) is 0 Å². The maximum atomic E-state index is 13.0. The standard InChI is InChI=1S/C31H26N2O4S/c1-20-8-5-9-21(2)29(20)32-28(34)18-33-30(35)27(38-31(33)36)17-22-10-6-14-25(16-22)37-19-24-13-7-12-23-11-3-4-15-26(23)24/h3-17H,18-19H2,1-2H3,(H,32,34)/b27-17+. The second kappa shape index (κ2) is 10.9. The number of carbonyl (C=O) groups excluding carboxylic acids is 3. The molecule has 0 saturated carbocycles. The molecule has 4 aromatic carbocycles. The van der Waals surface area contributed by atoms with Crippen molar-refractivity contribution in [2.45, 2.75) is 20.5 Å². The zero-order chi connectivity index (χ0) is 26.6. The Bertz CT molecular complexity index is 1570. The van der Waals surface area contributed by atoms with E-state index in [0.29, 0.717) is 18.0 Å². The Morgan fingerprint density at radius 3 is 2.45 bits per heavy atom. The highest BCUT2D eigenvalue weighted by Crippen LogP contribution is 2.33. The van der Waals surface area contributed by atoms with E-state index in [1.54, 1.807) is 6.08 Å². The van der Waals surface area contributed by atoms with Crippen LogP contribution >= 0.6 is 11.8 Å². The summed E-state index contributed by atoms with van der Waals surface area (Å²) in [5, 5.41) is 4.65. The summed E-state index contributed by atoms with van der Waals surface area (Å²) in [6.07, 6.45) is 1.65. The van der Waals surface area contributed by atoms with Gasteiger partial charge in [-0.05, 0) is 76.8 Å². The first kappa shape index (κ1) is 25.3. The first-order valence-electron chi connectivity index (χ1n) is 12.2. The van der Waals surface area contributed by atoms with Crippen LogP contribution in [0.15, 0.2) is 89.8 Å². The van der Waals surface area contributed by atoms with Crippen molar-refractivity contribution in [1.82, 2.24) is 4.90 Å². The molecule has 6 nitrogen and oxygen atoms in total. The molecule has 1 N–H and O–H groups in total. The molecule has 190 valence electrons. The smallest absolute Gasteiger partial charge is 0.294 e. The maximum Gasteiger partial charge on any atom is 0.294 e. The Morgan fingerprint density at radius 1 is 0.921 bits per heavy atom. The average molecular weight is 523 g/mol. The summed E-state index contributed by atoms with van der Waals surface area (Å²) < 4.78 is 6.05. The highest BCUT2D eigenvalue weighted by atomic mass is 32.2. The fourth-order valence-electron chi connectivity index (χ4n) is 4.40. The third-order valence-electron chi connectivity index (χ3n) is 6.35. The minimum Gasteiger partial charge on any atom is -0.489 e. The quantitative estimate of drug-likeness (QED) is 0.273. The van der Waals surface area contributed by atoms with Gasteiger partial charge in [-0.1, -0.05) is 72.8 Å². The largest absolute Gasteiger partial charge is 0.489 e. The highest BCUT2D eigenvalue weighted by Gasteiger charge is 2.36. The van der Waals surface area contributed by atoms with Gasteiger partial charge < -0.3 is 10.1 Å². The molecule has 0 atom stereocenters. The number of anilines is 1. The van der Waals surface area contributed by atoms with Crippen LogP contribution in [0.4, 0.5) is 10.5 Å². The van der Waals surface area contributed by atoms with E-state index in [9.17, 15) is 14.4 Å². The van der Waals surface area contributed by atoms with Gasteiger partial charge in [0.25, 0.3) is 11.1 Å². The van der Waals surface area contributed by atoms with E-state index in [4.69, 9.17) is 4.74 Å². The molecule has 0 radical (unpaired) electrons. The molecule has 38 heavy (non-hydrogen) atoms. The van der Waals surface area contributed by atoms with E-state index in [0.717, 1.165) is 49.7 Å². The van der Waals surface area contributed by atoms with E-state index < -0.39 is 17.1 Å². The van der Waals surface area contributed by atoms with E-state index in [-0.39, 0.29) is 11.4 Å². The number of benzene rings is 4. The first-order chi connectivity index (χ1) is 18.4.